The Balaban J connectivity index is 3.12. The number of benzene rings is 1. The van der Waals surface area contributed by atoms with Gasteiger partial charge >= 0.3 is 5.51 Å². The molecule has 0 fully saturated rings. The van der Waals surface area contributed by atoms with Crippen molar-refractivity contribution in [1.82, 2.24) is 0 Å². The summed E-state index contributed by atoms with van der Waals surface area (Å²) in [6.07, 6.45) is 2.99. The highest BCUT2D eigenvalue weighted by Crippen LogP contribution is 2.30. The fourth-order valence-corrected chi connectivity index (χ4v) is 1.80. The summed E-state index contributed by atoms with van der Waals surface area (Å²) in [6, 6.07) is 4.04. The number of aldehydes is 1. The average Bonchev–Trinajstić information content (AvgIpc) is 2.25. The molecule has 1 aromatic carbocycles. The second-order valence-corrected chi connectivity index (χ2v) is 4.95. The minimum Gasteiger partial charge on any atom is -0.299 e. The predicted molar refractivity (Wildman–Crippen MR) is 54.8 cm³/mol. The van der Waals surface area contributed by atoms with Crippen LogP contribution in [0.4, 0.5) is 13.2 Å². The molecule has 0 saturated carbocycles. The first-order valence-electron chi connectivity index (χ1n) is 4.32. The molecule has 0 aliphatic carbocycles. The quantitative estimate of drug-likeness (QED) is 0.621. The van der Waals surface area contributed by atoms with Crippen molar-refractivity contribution in [3.05, 3.63) is 35.9 Å². The predicted octanol–water partition coefficient (Wildman–Crippen LogP) is 2.19. The van der Waals surface area contributed by atoms with Gasteiger partial charge in [0.15, 0.2) is 0 Å². The second kappa shape index (κ2) is 4.70. The van der Waals surface area contributed by atoms with E-state index in [1.807, 2.05) is 0 Å². The van der Waals surface area contributed by atoms with Gasteiger partial charge in [-0.3, -0.25) is 4.79 Å². The molecule has 0 aliphatic rings. The number of alkyl halides is 3. The van der Waals surface area contributed by atoms with Crippen LogP contribution in [0, 0.1) is 0 Å². The summed E-state index contributed by atoms with van der Waals surface area (Å²) in [6.45, 7) is 0. The number of rotatable bonds is 3. The molecule has 3 nitrogen and oxygen atoms in total. The van der Waals surface area contributed by atoms with Crippen LogP contribution in [-0.4, -0.2) is 20.2 Å². The van der Waals surface area contributed by atoms with E-state index in [-0.39, 0.29) is 0 Å². The van der Waals surface area contributed by atoms with E-state index in [9.17, 15) is 26.4 Å². The van der Waals surface area contributed by atoms with Crippen molar-refractivity contribution in [2.24, 2.45) is 0 Å². The topological polar surface area (TPSA) is 51.2 Å². The average molecular weight is 264 g/mol. The van der Waals surface area contributed by atoms with Gasteiger partial charge in [-0.2, -0.15) is 13.2 Å². The van der Waals surface area contributed by atoms with E-state index in [2.05, 4.69) is 0 Å². The first-order chi connectivity index (χ1) is 7.79. The van der Waals surface area contributed by atoms with E-state index < -0.39 is 20.2 Å². The second-order valence-electron chi connectivity index (χ2n) is 3.01. The molecule has 0 atom stereocenters. The Morgan fingerprint density at radius 3 is 2.00 bits per heavy atom. The third-order valence-corrected chi connectivity index (χ3v) is 3.36. The van der Waals surface area contributed by atoms with E-state index in [0.29, 0.717) is 11.8 Å². The standard InChI is InChI=1S/C10H7F3O3S/c11-10(12,13)17(15,16)9-5-3-8(4-6-9)2-1-7-14/h1-7H/b2-1+. The Morgan fingerprint density at radius 2 is 1.59 bits per heavy atom. The molecule has 1 aromatic rings. The zero-order valence-electron chi connectivity index (χ0n) is 8.31. The Morgan fingerprint density at radius 1 is 1.06 bits per heavy atom. The van der Waals surface area contributed by atoms with Crippen molar-refractivity contribution in [1.29, 1.82) is 0 Å². The number of carbonyl (C=O) groups is 1. The molecule has 0 spiro atoms. The molecule has 1 rings (SSSR count). The van der Waals surface area contributed by atoms with Crippen LogP contribution < -0.4 is 0 Å². The maximum Gasteiger partial charge on any atom is 0.501 e. The molecule has 0 saturated heterocycles. The van der Waals surface area contributed by atoms with Crippen LogP contribution in [0.3, 0.4) is 0 Å². The van der Waals surface area contributed by atoms with Crippen molar-refractivity contribution >= 4 is 22.2 Å². The summed E-state index contributed by atoms with van der Waals surface area (Å²) >= 11 is 0. The molecule has 0 N–H and O–H groups in total. The number of allylic oxidation sites excluding steroid dienone is 1. The van der Waals surface area contributed by atoms with Gasteiger partial charge in [0.1, 0.15) is 6.29 Å². The smallest absolute Gasteiger partial charge is 0.299 e. The van der Waals surface area contributed by atoms with Gasteiger partial charge in [0.05, 0.1) is 4.90 Å². The van der Waals surface area contributed by atoms with Crippen molar-refractivity contribution in [3.8, 4) is 0 Å². The minimum atomic E-state index is -5.31. The van der Waals surface area contributed by atoms with Gasteiger partial charge < -0.3 is 0 Å². The minimum absolute atomic E-state index is 0.429. The highest BCUT2D eigenvalue weighted by Gasteiger charge is 2.46. The van der Waals surface area contributed by atoms with Gasteiger partial charge in [0.2, 0.25) is 0 Å². The zero-order chi connectivity index (χ0) is 13.1. The maximum absolute atomic E-state index is 12.2. The van der Waals surface area contributed by atoms with E-state index in [1.165, 1.54) is 18.2 Å². The summed E-state index contributed by atoms with van der Waals surface area (Å²) in [5, 5.41) is 0. The maximum atomic E-state index is 12.2. The van der Waals surface area contributed by atoms with Crippen molar-refractivity contribution in [3.63, 3.8) is 0 Å². The Labute approximate surface area is 95.5 Å². The summed E-state index contributed by atoms with van der Waals surface area (Å²) < 4.78 is 58.5. The van der Waals surface area contributed by atoms with Crippen LogP contribution in [0.2, 0.25) is 0 Å². The number of carbonyl (C=O) groups excluding carboxylic acids is 1. The van der Waals surface area contributed by atoms with Gasteiger partial charge in [-0.1, -0.05) is 18.2 Å². The molecular formula is C10H7F3O3S. The van der Waals surface area contributed by atoms with Gasteiger partial charge in [-0.15, -0.1) is 0 Å². The molecular weight excluding hydrogens is 257 g/mol. The molecule has 0 aliphatic heterocycles. The first kappa shape index (κ1) is 13.4. The summed E-state index contributed by atoms with van der Waals surface area (Å²) in [5.74, 6) is 0. The molecule has 0 unspecified atom stereocenters. The lowest BCUT2D eigenvalue weighted by molar-refractivity contribution is -0.104. The highest BCUT2D eigenvalue weighted by atomic mass is 32.2. The molecule has 0 amide bonds. The van der Waals surface area contributed by atoms with Gasteiger partial charge in [-0.25, -0.2) is 8.42 Å². The van der Waals surface area contributed by atoms with Crippen molar-refractivity contribution in [2.45, 2.75) is 10.4 Å². The van der Waals surface area contributed by atoms with E-state index >= 15 is 0 Å². The van der Waals surface area contributed by atoms with Gasteiger partial charge in [0, 0.05) is 0 Å². The number of sulfone groups is 1. The number of hydrogen-bond donors (Lipinski definition) is 0. The molecule has 0 radical (unpaired) electrons. The summed E-state index contributed by atoms with van der Waals surface area (Å²) in [7, 11) is -5.31. The lowest BCUT2D eigenvalue weighted by atomic mass is 10.2. The van der Waals surface area contributed by atoms with Gasteiger partial charge in [0.25, 0.3) is 9.84 Å². The normalized spacial score (nSPS) is 12.9. The summed E-state index contributed by atoms with van der Waals surface area (Å²) in [4.78, 5) is 9.18. The van der Waals surface area contributed by atoms with Crippen LogP contribution in [0.1, 0.15) is 5.56 Å². The third kappa shape index (κ3) is 2.94. The lowest BCUT2D eigenvalue weighted by Gasteiger charge is -2.07. The van der Waals surface area contributed by atoms with E-state index in [1.54, 1.807) is 0 Å². The monoisotopic (exact) mass is 264 g/mol. The third-order valence-electron chi connectivity index (χ3n) is 1.86. The van der Waals surface area contributed by atoms with Crippen LogP contribution in [0.5, 0.6) is 0 Å². The molecule has 0 bridgehead atoms. The number of halogens is 3. The number of hydrogen-bond acceptors (Lipinski definition) is 3. The molecule has 92 valence electrons. The highest BCUT2D eigenvalue weighted by molar-refractivity contribution is 7.92. The Hall–Kier alpha value is -1.63. The van der Waals surface area contributed by atoms with Crippen molar-refractivity contribution in [2.75, 3.05) is 0 Å². The Bertz CT molecular complexity index is 527. The molecule has 0 aromatic heterocycles. The van der Waals surface area contributed by atoms with Crippen LogP contribution in [0.25, 0.3) is 6.08 Å². The first-order valence-corrected chi connectivity index (χ1v) is 5.80. The van der Waals surface area contributed by atoms with E-state index in [4.69, 9.17) is 0 Å². The Kier molecular flexibility index (Phi) is 3.72. The zero-order valence-corrected chi connectivity index (χ0v) is 9.12. The van der Waals surface area contributed by atoms with Gasteiger partial charge in [-0.05, 0) is 23.8 Å². The molecule has 0 heterocycles. The van der Waals surface area contributed by atoms with Crippen LogP contribution >= 0.6 is 0 Å². The fourth-order valence-electron chi connectivity index (χ4n) is 1.04. The molecule has 7 heteroatoms. The fraction of sp³-hybridized carbons (Fsp3) is 0.100. The largest absolute Gasteiger partial charge is 0.501 e. The SMILES string of the molecule is O=C/C=C/c1ccc(S(=O)(=O)C(F)(F)F)cc1. The van der Waals surface area contributed by atoms with Crippen LogP contribution in [-0.2, 0) is 14.6 Å². The summed E-state index contributed by atoms with van der Waals surface area (Å²) in [5.41, 5.74) is -4.88. The lowest BCUT2D eigenvalue weighted by Crippen LogP contribution is -2.23. The van der Waals surface area contributed by atoms with Crippen LogP contribution in [0.15, 0.2) is 35.2 Å². The van der Waals surface area contributed by atoms with Crippen molar-refractivity contribution < 1.29 is 26.4 Å². The van der Waals surface area contributed by atoms with E-state index in [0.717, 1.165) is 18.2 Å². The molecule has 17 heavy (non-hydrogen) atoms.